The number of ether oxygens (including phenoxy) is 1. The second-order valence-corrected chi connectivity index (χ2v) is 4.75. The van der Waals surface area contributed by atoms with Gasteiger partial charge >= 0.3 is 5.97 Å². The molecule has 2 rings (SSSR count). The third kappa shape index (κ3) is 2.03. The van der Waals surface area contributed by atoms with E-state index in [9.17, 15) is 9.90 Å². The van der Waals surface area contributed by atoms with Crippen LogP contribution in [-0.4, -0.2) is 28.3 Å². The summed E-state index contributed by atoms with van der Waals surface area (Å²) in [6.07, 6.45) is 1.79. The normalized spacial score (nSPS) is 25.7. The van der Waals surface area contributed by atoms with Gasteiger partial charge in [0.25, 0.3) is 0 Å². The Kier molecular flexibility index (Phi) is 2.75. The highest BCUT2D eigenvalue weighted by Gasteiger charge is 2.43. The highest BCUT2D eigenvalue weighted by atomic mass is 32.1. The fourth-order valence-electron chi connectivity index (χ4n) is 1.81. The Balaban J connectivity index is 2.17. The van der Waals surface area contributed by atoms with Gasteiger partial charge in [-0.05, 0) is 19.8 Å². The van der Waals surface area contributed by atoms with Crippen molar-refractivity contribution in [2.45, 2.75) is 31.8 Å². The summed E-state index contributed by atoms with van der Waals surface area (Å²) < 4.78 is 5.38. The van der Waals surface area contributed by atoms with Crippen LogP contribution in [-0.2, 0) is 16.0 Å². The Morgan fingerprint density at radius 3 is 3.07 bits per heavy atom. The lowest BCUT2D eigenvalue weighted by atomic mass is 9.96. The molecular weight excluding hydrogens is 214 g/mol. The average molecular weight is 227 g/mol. The van der Waals surface area contributed by atoms with Crippen LogP contribution >= 0.6 is 11.3 Å². The van der Waals surface area contributed by atoms with Crippen molar-refractivity contribution in [2.75, 3.05) is 6.61 Å². The minimum atomic E-state index is -1.02. The van der Waals surface area contributed by atoms with Crippen LogP contribution in [0.3, 0.4) is 0 Å². The quantitative estimate of drug-likeness (QED) is 0.852. The summed E-state index contributed by atoms with van der Waals surface area (Å²) in [4.78, 5) is 15.5. The first kappa shape index (κ1) is 10.6. The van der Waals surface area contributed by atoms with Gasteiger partial charge in [0.15, 0.2) is 5.60 Å². The molecule has 2 heterocycles. The summed E-state index contributed by atoms with van der Waals surface area (Å²) in [5, 5.41) is 12.0. The summed E-state index contributed by atoms with van der Waals surface area (Å²) >= 11 is 1.50. The van der Waals surface area contributed by atoms with Crippen molar-refractivity contribution in [3.05, 3.63) is 16.1 Å². The molecule has 1 aliphatic rings. The molecule has 5 heteroatoms. The number of carbonyl (C=O) groups is 1. The smallest absolute Gasteiger partial charge is 0.336 e. The zero-order valence-electron chi connectivity index (χ0n) is 8.52. The number of carboxylic acids is 1. The Bertz CT molecular complexity index is 368. The van der Waals surface area contributed by atoms with E-state index in [2.05, 4.69) is 4.98 Å². The molecule has 82 valence electrons. The number of aliphatic carboxylic acids is 1. The summed E-state index contributed by atoms with van der Waals surface area (Å²) in [7, 11) is 0. The molecule has 0 saturated carbocycles. The monoisotopic (exact) mass is 227 g/mol. The molecule has 0 spiro atoms. The summed E-state index contributed by atoms with van der Waals surface area (Å²) in [6, 6.07) is 0. The van der Waals surface area contributed by atoms with Crippen molar-refractivity contribution in [1.82, 2.24) is 4.98 Å². The van der Waals surface area contributed by atoms with E-state index in [1.54, 1.807) is 0 Å². The number of thiazole rings is 1. The van der Waals surface area contributed by atoms with Crippen LogP contribution in [0.15, 0.2) is 5.38 Å². The van der Waals surface area contributed by atoms with Gasteiger partial charge in [0, 0.05) is 24.1 Å². The molecule has 1 N–H and O–H groups in total. The molecule has 0 amide bonds. The van der Waals surface area contributed by atoms with Gasteiger partial charge in [-0.2, -0.15) is 0 Å². The summed E-state index contributed by atoms with van der Waals surface area (Å²) in [6.45, 7) is 2.44. The Hall–Kier alpha value is -0.940. The lowest BCUT2D eigenvalue weighted by molar-refractivity contribution is -0.159. The third-order valence-electron chi connectivity index (χ3n) is 2.60. The van der Waals surface area contributed by atoms with Crippen molar-refractivity contribution in [3.8, 4) is 0 Å². The molecule has 1 atom stereocenters. The molecule has 0 bridgehead atoms. The van der Waals surface area contributed by atoms with Gasteiger partial charge in [-0.1, -0.05) is 0 Å². The van der Waals surface area contributed by atoms with Crippen molar-refractivity contribution >= 4 is 17.3 Å². The van der Waals surface area contributed by atoms with Gasteiger partial charge in [-0.15, -0.1) is 11.3 Å². The van der Waals surface area contributed by atoms with Crippen LogP contribution in [0, 0.1) is 6.92 Å². The molecule has 1 unspecified atom stereocenters. The SMILES string of the molecule is Cc1csc(CC2(C(=O)O)CCCO2)n1. The second kappa shape index (κ2) is 3.90. The predicted molar refractivity (Wildman–Crippen MR) is 56.1 cm³/mol. The fourth-order valence-corrected chi connectivity index (χ4v) is 2.68. The van der Waals surface area contributed by atoms with Gasteiger partial charge in [-0.25, -0.2) is 9.78 Å². The number of rotatable bonds is 3. The van der Waals surface area contributed by atoms with E-state index in [0.29, 0.717) is 19.4 Å². The molecule has 4 nitrogen and oxygen atoms in total. The molecule has 1 saturated heterocycles. The standard InChI is InChI=1S/C10H13NO3S/c1-7-6-15-8(11-7)5-10(9(12)13)3-2-4-14-10/h6H,2-5H2,1H3,(H,12,13). The zero-order valence-corrected chi connectivity index (χ0v) is 9.34. The maximum atomic E-state index is 11.2. The Labute approximate surface area is 91.9 Å². The molecule has 15 heavy (non-hydrogen) atoms. The van der Waals surface area contributed by atoms with E-state index in [-0.39, 0.29) is 0 Å². The van der Waals surface area contributed by atoms with Crippen LogP contribution in [0.4, 0.5) is 0 Å². The van der Waals surface area contributed by atoms with E-state index in [1.165, 1.54) is 11.3 Å². The first-order valence-electron chi connectivity index (χ1n) is 4.91. The maximum Gasteiger partial charge on any atom is 0.336 e. The Morgan fingerprint density at radius 2 is 2.60 bits per heavy atom. The lowest BCUT2D eigenvalue weighted by Gasteiger charge is -2.21. The van der Waals surface area contributed by atoms with Crippen LogP contribution in [0.1, 0.15) is 23.5 Å². The number of nitrogens with zero attached hydrogens (tertiary/aromatic N) is 1. The predicted octanol–water partition coefficient (Wildman–Crippen LogP) is 1.63. The maximum absolute atomic E-state index is 11.2. The van der Waals surface area contributed by atoms with Gasteiger partial charge in [0.2, 0.25) is 0 Å². The van der Waals surface area contributed by atoms with Crippen molar-refractivity contribution in [2.24, 2.45) is 0 Å². The number of hydrogen-bond acceptors (Lipinski definition) is 4. The molecular formula is C10H13NO3S. The van der Waals surface area contributed by atoms with E-state index in [1.807, 2.05) is 12.3 Å². The van der Waals surface area contributed by atoms with E-state index >= 15 is 0 Å². The van der Waals surface area contributed by atoms with Crippen LogP contribution < -0.4 is 0 Å². The van der Waals surface area contributed by atoms with Crippen LogP contribution in [0.2, 0.25) is 0 Å². The Morgan fingerprint density at radius 1 is 1.80 bits per heavy atom. The molecule has 1 aromatic rings. The van der Waals surface area contributed by atoms with Crippen molar-refractivity contribution < 1.29 is 14.6 Å². The summed E-state index contributed by atoms with van der Waals surface area (Å²) in [5.74, 6) is -0.868. The van der Waals surface area contributed by atoms with Gasteiger partial charge in [0.05, 0.1) is 5.01 Å². The molecule has 1 aliphatic heterocycles. The molecule has 1 aromatic heterocycles. The molecule has 1 fully saturated rings. The first-order valence-corrected chi connectivity index (χ1v) is 5.79. The van der Waals surface area contributed by atoms with Gasteiger partial charge in [-0.3, -0.25) is 0 Å². The number of aromatic nitrogens is 1. The molecule has 0 aromatic carbocycles. The summed E-state index contributed by atoms with van der Waals surface area (Å²) in [5.41, 5.74) is -0.0851. The number of aryl methyl sites for hydroxylation is 1. The topological polar surface area (TPSA) is 59.4 Å². The van der Waals surface area contributed by atoms with E-state index < -0.39 is 11.6 Å². The third-order valence-corrected chi connectivity index (χ3v) is 3.56. The highest BCUT2D eigenvalue weighted by Crippen LogP contribution is 2.30. The number of hydrogen-bond donors (Lipinski definition) is 1. The molecule has 0 aliphatic carbocycles. The van der Waals surface area contributed by atoms with Crippen molar-refractivity contribution in [3.63, 3.8) is 0 Å². The zero-order chi connectivity index (χ0) is 10.9. The fraction of sp³-hybridized carbons (Fsp3) is 0.600. The number of carboxylic acid groups (broad SMARTS) is 1. The van der Waals surface area contributed by atoms with E-state index in [4.69, 9.17) is 4.74 Å². The first-order chi connectivity index (χ1) is 7.12. The molecule has 0 radical (unpaired) electrons. The van der Waals surface area contributed by atoms with Gasteiger partial charge in [0.1, 0.15) is 0 Å². The van der Waals surface area contributed by atoms with Crippen LogP contribution in [0.5, 0.6) is 0 Å². The lowest BCUT2D eigenvalue weighted by Crippen LogP contribution is -2.40. The minimum absolute atomic E-state index is 0.390. The van der Waals surface area contributed by atoms with Crippen LogP contribution in [0.25, 0.3) is 0 Å². The minimum Gasteiger partial charge on any atom is -0.479 e. The van der Waals surface area contributed by atoms with Crippen molar-refractivity contribution in [1.29, 1.82) is 0 Å². The largest absolute Gasteiger partial charge is 0.479 e. The second-order valence-electron chi connectivity index (χ2n) is 3.81. The average Bonchev–Trinajstić information content (AvgIpc) is 2.77. The highest BCUT2D eigenvalue weighted by molar-refractivity contribution is 7.09. The van der Waals surface area contributed by atoms with E-state index in [0.717, 1.165) is 17.1 Å². The van der Waals surface area contributed by atoms with Gasteiger partial charge < -0.3 is 9.84 Å².